The van der Waals surface area contributed by atoms with E-state index in [0.29, 0.717) is 0 Å². The van der Waals surface area contributed by atoms with Crippen molar-refractivity contribution in [1.82, 2.24) is 0 Å². The molecule has 1 rings (SSSR count). The summed E-state index contributed by atoms with van der Waals surface area (Å²) in [7, 11) is 0. The van der Waals surface area contributed by atoms with E-state index in [1.54, 1.807) is 0 Å². The van der Waals surface area contributed by atoms with Crippen molar-refractivity contribution in [2.45, 2.75) is 18.6 Å². The van der Waals surface area contributed by atoms with Crippen molar-refractivity contribution in [1.29, 1.82) is 0 Å². The fourth-order valence-corrected chi connectivity index (χ4v) is 1.79. The Labute approximate surface area is 98.8 Å². The van der Waals surface area contributed by atoms with Crippen LogP contribution in [-0.2, 0) is 6.18 Å². The van der Waals surface area contributed by atoms with Crippen molar-refractivity contribution < 1.29 is 17.6 Å². The Hall–Kier alpha value is -0.620. The molecule has 0 aliphatic heterocycles. The first-order chi connectivity index (χ1) is 7.34. The topological polar surface area (TPSA) is 26.0 Å². The Morgan fingerprint density at radius 2 is 1.88 bits per heavy atom. The average Bonchev–Trinajstić information content (AvgIpc) is 2.16. The lowest BCUT2D eigenvalue weighted by Crippen LogP contribution is -2.13. The molecule has 0 unspecified atom stereocenters. The van der Waals surface area contributed by atoms with E-state index in [1.165, 1.54) is 6.07 Å². The van der Waals surface area contributed by atoms with Gasteiger partial charge in [0, 0.05) is 10.5 Å². The minimum Gasteiger partial charge on any atom is -0.324 e. The summed E-state index contributed by atoms with van der Waals surface area (Å²) in [5.74, 6) is 0. The molecule has 0 aliphatic rings. The maximum absolute atomic E-state index is 12.5. The van der Waals surface area contributed by atoms with Crippen molar-refractivity contribution in [3.05, 3.63) is 33.8 Å². The van der Waals surface area contributed by atoms with Crippen molar-refractivity contribution in [2.75, 3.05) is 6.67 Å². The van der Waals surface area contributed by atoms with E-state index in [-0.39, 0.29) is 16.5 Å². The second kappa shape index (κ2) is 5.14. The second-order valence-electron chi connectivity index (χ2n) is 3.36. The molecule has 16 heavy (non-hydrogen) atoms. The van der Waals surface area contributed by atoms with Crippen LogP contribution >= 0.6 is 15.9 Å². The monoisotopic (exact) mass is 299 g/mol. The van der Waals surface area contributed by atoms with Crippen LogP contribution in [0, 0.1) is 0 Å². The van der Waals surface area contributed by atoms with Gasteiger partial charge in [-0.3, -0.25) is 4.39 Å². The molecule has 1 atom stereocenters. The minimum atomic E-state index is -4.42. The van der Waals surface area contributed by atoms with Crippen LogP contribution in [-0.4, -0.2) is 6.67 Å². The molecule has 2 N–H and O–H groups in total. The lowest BCUT2D eigenvalue weighted by molar-refractivity contribution is -0.137. The Balaban J connectivity index is 3.08. The zero-order valence-corrected chi connectivity index (χ0v) is 9.78. The maximum Gasteiger partial charge on any atom is 0.416 e. The highest BCUT2D eigenvalue weighted by atomic mass is 79.9. The van der Waals surface area contributed by atoms with Crippen LogP contribution in [0.5, 0.6) is 0 Å². The summed E-state index contributed by atoms with van der Waals surface area (Å²) in [6.07, 6.45) is -4.41. The number of alkyl halides is 4. The van der Waals surface area contributed by atoms with E-state index in [1.807, 2.05) is 0 Å². The molecular formula is C10H10BrF4N. The molecule has 90 valence electrons. The van der Waals surface area contributed by atoms with Gasteiger partial charge in [0.15, 0.2) is 0 Å². The standard InChI is InChI=1S/C10H10BrF4N/c11-8-4-6(9(16)1-2-12)3-7(5-8)10(13,14)15/h3-5,9H,1-2,16H2/t9-/m1/s1. The second-order valence-corrected chi connectivity index (χ2v) is 4.27. The van der Waals surface area contributed by atoms with Gasteiger partial charge in [-0.25, -0.2) is 0 Å². The lowest BCUT2D eigenvalue weighted by atomic mass is 10.0. The first-order valence-corrected chi connectivity index (χ1v) is 5.33. The smallest absolute Gasteiger partial charge is 0.324 e. The van der Waals surface area contributed by atoms with Gasteiger partial charge in [-0.1, -0.05) is 15.9 Å². The Bertz CT molecular complexity index is 364. The van der Waals surface area contributed by atoms with Crippen LogP contribution < -0.4 is 5.73 Å². The molecule has 1 nitrogen and oxygen atoms in total. The van der Waals surface area contributed by atoms with E-state index >= 15 is 0 Å². The number of benzene rings is 1. The number of rotatable bonds is 3. The Kier molecular flexibility index (Phi) is 4.32. The molecule has 0 spiro atoms. The third-order valence-corrected chi connectivity index (χ3v) is 2.55. The van der Waals surface area contributed by atoms with Gasteiger partial charge in [0.2, 0.25) is 0 Å². The molecule has 0 amide bonds. The van der Waals surface area contributed by atoms with E-state index in [0.717, 1.165) is 12.1 Å². The van der Waals surface area contributed by atoms with Crippen LogP contribution in [0.25, 0.3) is 0 Å². The van der Waals surface area contributed by atoms with E-state index < -0.39 is 24.5 Å². The molecule has 0 saturated heterocycles. The van der Waals surface area contributed by atoms with Gasteiger partial charge in [-0.05, 0) is 30.2 Å². The highest BCUT2D eigenvalue weighted by Gasteiger charge is 2.31. The summed E-state index contributed by atoms with van der Waals surface area (Å²) in [6.45, 7) is -0.658. The number of halogens is 5. The average molecular weight is 300 g/mol. The third-order valence-electron chi connectivity index (χ3n) is 2.10. The zero-order valence-electron chi connectivity index (χ0n) is 8.19. The van der Waals surface area contributed by atoms with Gasteiger partial charge in [0.25, 0.3) is 0 Å². The number of nitrogens with two attached hydrogens (primary N) is 1. The summed E-state index contributed by atoms with van der Waals surface area (Å²) in [4.78, 5) is 0. The zero-order chi connectivity index (χ0) is 12.3. The Morgan fingerprint density at radius 3 is 2.38 bits per heavy atom. The van der Waals surface area contributed by atoms with E-state index in [9.17, 15) is 17.6 Å². The fourth-order valence-electron chi connectivity index (χ4n) is 1.27. The van der Waals surface area contributed by atoms with E-state index in [2.05, 4.69) is 15.9 Å². The molecule has 1 aromatic carbocycles. The normalized spacial score (nSPS) is 13.9. The molecule has 0 heterocycles. The van der Waals surface area contributed by atoms with Crippen molar-refractivity contribution in [2.24, 2.45) is 5.73 Å². The maximum atomic E-state index is 12.5. The van der Waals surface area contributed by atoms with Crippen LogP contribution in [0.3, 0.4) is 0 Å². The minimum absolute atomic E-state index is 0.00769. The summed E-state index contributed by atoms with van der Waals surface area (Å²) >= 11 is 2.98. The predicted octanol–water partition coefficient (Wildman–Crippen LogP) is 3.83. The molecule has 0 aliphatic carbocycles. The van der Waals surface area contributed by atoms with Crippen molar-refractivity contribution >= 4 is 15.9 Å². The van der Waals surface area contributed by atoms with E-state index in [4.69, 9.17) is 5.73 Å². The molecule has 0 fully saturated rings. The lowest BCUT2D eigenvalue weighted by Gasteiger charge is -2.14. The van der Waals surface area contributed by atoms with Gasteiger partial charge in [-0.2, -0.15) is 13.2 Å². The molecule has 1 aromatic rings. The summed E-state index contributed by atoms with van der Waals surface area (Å²) in [6, 6.07) is 2.66. The predicted molar refractivity (Wildman–Crippen MR) is 56.7 cm³/mol. The van der Waals surface area contributed by atoms with Crippen LogP contribution in [0.1, 0.15) is 23.6 Å². The summed E-state index contributed by atoms with van der Waals surface area (Å²) in [5.41, 5.74) is 5.05. The number of hydrogen-bond donors (Lipinski definition) is 1. The first-order valence-electron chi connectivity index (χ1n) is 4.54. The third kappa shape index (κ3) is 3.45. The van der Waals surface area contributed by atoms with Gasteiger partial charge in [0.05, 0.1) is 12.2 Å². The number of hydrogen-bond acceptors (Lipinski definition) is 1. The molecular weight excluding hydrogens is 290 g/mol. The van der Waals surface area contributed by atoms with Crippen LogP contribution in [0.4, 0.5) is 17.6 Å². The molecule has 0 saturated carbocycles. The van der Waals surface area contributed by atoms with Crippen LogP contribution in [0.15, 0.2) is 22.7 Å². The summed E-state index contributed by atoms with van der Waals surface area (Å²) in [5, 5.41) is 0. The quantitative estimate of drug-likeness (QED) is 0.844. The van der Waals surface area contributed by atoms with Gasteiger partial charge >= 0.3 is 6.18 Å². The highest BCUT2D eigenvalue weighted by Crippen LogP contribution is 2.33. The summed E-state index contributed by atoms with van der Waals surface area (Å²) < 4.78 is 49.7. The first kappa shape index (κ1) is 13.4. The van der Waals surface area contributed by atoms with Gasteiger partial charge in [0.1, 0.15) is 0 Å². The molecule has 0 aromatic heterocycles. The largest absolute Gasteiger partial charge is 0.416 e. The van der Waals surface area contributed by atoms with Crippen molar-refractivity contribution in [3.63, 3.8) is 0 Å². The molecule has 6 heteroatoms. The fraction of sp³-hybridized carbons (Fsp3) is 0.400. The molecule has 0 radical (unpaired) electrons. The van der Waals surface area contributed by atoms with Gasteiger partial charge < -0.3 is 5.73 Å². The van der Waals surface area contributed by atoms with Crippen LogP contribution in [0.2, 0.25) is 0 Å². The highest BCUT2D eigenvalue weighted by molar-refractivity contribution is 9.10. The SMILES string of the molecule is N[C@H](CCF)c1cc(Br)cc(C(F)(F)F)c1. The van der Waals surface area contributed by atoms with Gasteiger partial charge in [-0.15, -0.1) is 0 Å². The molecule has 0 bridgehead atoms. The Morgan fingerprint density at radius 1 is 1.25 bits per heavy atom. The van der Waals surface area contributed by atoms with Crippen molar-refractivity contribution in [3.8, 4) is 0 Å².